The Balaban J connectivity index is 1.35. The molecule has 12 heteroatoms. The highest BCUT2D eigenvalue weighted by Crippen LogP contribution is 2.44. The highest BCUT2D eigenvalue weighted by Gasteiger charge is 2.52. The van der Waals surface area contributed by atoms with Gasteiger partial charge in [0.05, 0.1) is 34.3 Å². The molecule has 2 fully saturated rings. The molecule has 6 rings (SSSR count). The van der Waals surface area contributed by atoms with Crippen molar-refractivity contribution in [3.8, 4) is 11.3 Å². The van der Waals surface area contributed by atoms with E-state index < -0.39 is 23.7 Å². The Morgan fingerprint density at radius 3 is 2.19 bits per heavy atom. The number of imide groups is 1. The summed E-state index contributed by atoms with van der Waals surface area (Å²) in [5.74, 6) is -2.79. The average molecular weight is 864 g/mol. The van der Waals surface area contributed by atoms with Gasteiger partial charge in [-0.25, -0.2) is 14.2 Å². The van der Waals surface area contributed by atoms with Crippen molar-refractivity contribution in [1.29, 1.82) is 0 Å². The molecule has 1 saturated heterocycles. The SMILES string of the molecule is CCc1cc(Br)cc2c(C(=O)OC(CCCl)C(=O)c3ccc(F)cc3)cc(-c3ccc(N4C(=O)C5CC(Br)C(Br)CC5C4=O)cc3)nc12. The van der Waals surface area contributed by atoms with Crippen molar-refractivity contribution >= 4 is 99.5 Å². The number of pyridine rings is 1. The van der Waals surface area contributed by atoms with E-state index in [1.165, 1.54) is 29.2 Å². The van der Waals surface area contributed by atoms with Crippen molar-refractivity contribution in [1.82, 2.24) is 4.98 Å². The number of aromatic nitrogens is 1. The Morgan fingerprint density at radius 2 is 1.60 bits per heavy atom. The number of ether oxygens (including phenoxy) is 1. The van der Waals surface area contributed by atoms with Crippen LogP contribution in [0.3, 0.4) is 0 Å². The highest BCUT2D eigenvalue weighted by molar-refractivity contribution is 9.12. The van der Waals surface area contributed by atoms with E-state index in [0.717, 1.165) is 10.0 Å². The molecular weight excluding hydrogens is 835 g/mol. The number of nitrogens with zero attached hydrogens (tertiary/aromatic N) is 2. The average Bonchev–Trinajstić information content (AvgIpc) is 3.31. The second-order valence-electron chi connectivity index (χ2n) is 11.9. The smallest absolute Gasteiger partial charge is 0.339 e. The fourth-order valence-electron chi connectivity index (χ4n) is 6.41. The van der Waals surface area contributed by atoms with Gasteiger partial charge >= 0.3 is 5.97 Å². The monoisotopic (exact) mass is 860 g/mol. The van der Waals surface area contributed by atoms with Crippen LogP contribution in [0.2, 0.25) is 0 Å². The predicted molar refractivity (Wildman–Crippen MR) is 194 cm³/mol. The minimum Gasteiger partial charge on any atom is -0.450 e. The van der Waals surface area contributed by atoms with Gasteiger partial charge < -0.3 is 4.74 Å². The number of fused-ring (bicyclic) bond motifs is 2. The Bertz CT molecular complexity index is 1900. The minimum atomic E-state index is -1.19. The maximum atomic E-state index is 13.9. The zero-order valence-electron chi connectivity index (χ0n) is 25.6. The van der Waals surface area contributed by atoms with Crippen LogP contribution in [0.1, 0.15) is 52.5 Å². The van der Waals surface area contributed by atoms with Crippen LogP contribution in [-0.4, -0.2) is 50.2 Å². The molecule has 248 valence electrons. The largest absolute Gasteiger partial charge is 0.450 e. The first-order valence-electron chi connectivity index (χ1n) is 15.5. The van der Waals surface area contributed by atoms with E-state index in [9.17, 15) is 23.6 Å². The summed E-state index contributed by atoms with van der Waals surface area (Å²) < 4.78 is 20.1. The van der Waals surface area contributed by atoms with Crippen molar-refractivity contribution in [2.75, 3.05) is 10.8 Å². The number of hydrogen-bond acceptors (Lipinski definition) is 6. The number of Topliss-reactive ketones (excluding diaryl/α,β-unsaturated/α-hetero) is 1. The molecule has 7 nitrogen and oxygen atoms in total. The lowest BCUT2D eigenvalue weighted by molar-refractivity contribution is -0.122. The van der Waals surface area contributed by atoms with Gasteiger partial charge in [-0.05, 0) is 79.4 Å². The zero-order chi connectivity index (χ0) is 34.3. The zero-order valence-corrected chi connectivity index (χ0v) is 31.1. The van der Waals surface area contributed by atoms with E-state index in [1.54, 1.807) is 36.4 Å². The van der Waals surface area contributed by atoms with Gasteiger partial charge in [-0.1, -0.05) is 66.8 Å². The van der Waals surface area contributed by atoms with Crippen molar-refractivity contribution in [2.45, 2.75) is 48.4 Å². The number of benzene rings is 3. The number of halogens is 5. The Kier molecular flexibility index (Phi) is 10.5. The number of rotatable bonds is 9. The van der Waals surface area contributed by atoms with Gasteiger partial charge in [-0.15, -0.1) is 11.6 Å². The summed E-state index contributed by atoms with van der Waals surface area (Å²) in [5, 5.41) is 0.538. The molecule has 1 aliphatic heterocycles. The topological polar surface area (TPSA) is 93.6 Å². The van der Waals surface area contributed by atoms with Crippen LogP contribution < -0.4 is 4.90 Å². The van der Waals surface area contributed by atoms with Crippen LogP contribution in [0.4, 0.5) is 10.1 Å². The number of anilines is 1. The van der Waals surface area contributed by atoms with Crippen molar-refractivity contribution in [3.63, 3.8) is 0 Å². The van der Waals surface area contributed by atoms with E-state index in [2.05, 4.69) is 47.8 Å². The fraction of sp³-hybridized carbons (Fsp3) is 0.306. The second-order valence-corrected chi connectivity index (χ2v) is 15.5. The number of esters is 1. The van der Waals surface area contributed by atoms with Crippen molar-refractivity contribution < 1.29 is 28.3 Å². The third kappa shape index (κ3) is 6.75. The second kappa shape index (κ2) is 14.5. The maximum absolute atomic E-state index is 13.9. The molecule has 1 saturated carbocycles. The molecule has 0 bridgehead atoms. The summed E-state index contributed by atoms with van der Waals surface area (Å²) in [6.07, 6.45) is 0.660. The number of hydrogen-bond donors (Lipinski definition) is 0. The number of carbonyl (C=O) groups excluding carboxylic acids is 4. The van der Waals surface area contributed by atoms with E-state index >= 15 is 0 Å². The van der Waals surface area contributed by atoms with Crippen LogP contribution in [0.15, 0.2) is 71.2 Å². The normalized spacial score (nSPS) is 21.3. The van der Waals surface area contributed by atoms with Crippen LogP contribution in [-0.2, 0) is 20.7 Å². The molecular formula is C36H29Br3ClFN2O5. The first-order valence-corrected chi connectivity index (χ1v) is 18.6. The molecule has 1 aromatic heterocycles. The Hall–Kier alpha value is -2.99. The maximum Gasteiger partial charge on any atom is 0.339 e. The van der Waals surface area contributed by atoms with E-state index in [0.29, 0.717) is 47.1 Å². The van der Waals surface area contributed by atoms with Gasteiger partial charge in [0, 0.05) is 42.9 Å². The van der Waals surface area contributed by atoms with E-state index in [4.69, 9.17) is 21.3 Å². The summed E-state index contributed by atoms with van der Waals surface area (Å²) in [6, 6.07) is 17.3. The number of carbonyl (C=O) groups is 4. The molecule has 4 aromatic rings. The summed E-state index contributed by atoms with van der Waals surface area (Å²) in [7, 11) is 0. The van der Waals surface area contributed by atoms with E-state index in [1.807, 2.05) is 13.0 Å². The van der Waals surface area contributed by atoms with Crippen LogP contribution in [0, 0.1) is 17.7 Å². The van der Waals surface area contributed by atoms with Gasteiger partial charge in [-0.3, -0.25) is 19.3 Å². The molecule has 3 aromatic carbocycles. The lowest BCUT2D eigenvalue weighted by Crippen LogP contribution is -2.34. The molecule has 2 heterocycles. The third-order valence-corrected chi connectivity index (χ3v) is 12.3. The third-order valence-electron chi connectivity index (χ3n) is 8.93. The fourth-order valence-corrected chi connectivity index (χ4v) is 8.35. The van der Waals surface area contributed by atoms with Crippen LogP contribution in [0.5, 0.6) is 0 Å². The number of amides is 2. The number of ketones is 1. The van der Waals surface area contributed by atoms with E-state index in [-0.39, 0.29) is 56.7 Å². The molecule has 0 spiro atoms. The summed E-state index contributed by atoms with van der Waals surface area (Å²) in [5.41, 5.74) is 3.47. The van der Waals surface area contributed by atoms with Gasteiger partial charge in [0.1, 0.15) is 5.82 Å². The molecule has 2 aliphatic rings. The van der Waals surface area contributed by atoms with Crippen molar-refractivity contribution in [2.24, 2.45) is 11.8 Å². The first kappa shape index (κ1) is 34.9. The quantitative estimate of drug-likeness (QED) is 0.0723. The summed E-state index contributed by atoms with van der Waals surface area (Å²) >= 11 is 16.8. The molecule has 0 radical (unpaired) electrons. The lowest BCUT2D eigenvalue weighted by atomic mass is 9.81. The molecule has 2 amide bonds. The Morgan fingerprint density at radius 1 is 0.979 bits per heavy atom. The Labute approximate surface area is 307 Å². The van der Waals surface area contributed by atoms with Gasteiger partial charge in [0.2, 0.25) is 17.6 Å². The molecule has 0 N–H and O–H groups in total. The molecule has 5 unspecified atom stereocenters. The molecule has 48 heavy (non-hydrogen) atoms. The standard InChI is InChI=1S/C36H29Br3ClFN2O5/c1-2-18-13-21(37)14-24-27(36(47)48-31(11-12-40)33(44)20-3-7-22(41)8-4-20)17-30(42-32(18)24)19-5-9-23(10-6-19)43-34(45)25-15-28(38)29(39)16-26(25)35(43)46/h3-10,13-14,17,25-26,28-29,31H,2,11-12,15-16H2,1H3. The van der Waals surface area contributed by atoms with Crippen LogP contribution in [0.25, 0.3) is 22.2 Å². The number of aryl methyl sites for hydroxylation is 1. The highest BCUT2D eigenvalue weighted by atomic mass is 79.9. The van der Waals surface area contributed by atoms with Gasteiger partial charge in [0.25, 0.3) is 0 Å². The van der Waals surface area contributed by atoms with Gasteiger partial charge in [-0.2, -0.15) is 0 Å². The van der Waals surface area contributed by atoms with Crippen LogP contribution >= 0.6 is 59.4 Å². The predicted octanol–water partition coefficient (Wildman–Crippen LogP) is 8.83. The molecule has 1 aliphatic carbocycles. The minimum absolute atomic E-state index is 0.0575. The molecule has 5 atom stereocenters. The summed E-state index contributed by atoms with van der Waals surface area (Å²) in [6.45, 7) is 1.98. The van der Waals surface area contributed by atoms with Crippen molar-refractivity contribution in [3.05, 3.63) is 93.7 Å². The van der Waals surface area contributed by atoms with Gasteiger partial charge in [0.15, 0.2) is 6.10 Å². The summed E-state index contributed by atoms with van der Waals surface area (Å²) in [4.78, 5) is 60.3. The lowest BCUT2D eigenvalue weighted by Gasteiger charge is -2.29. The first-order chi connectivity index (χ1) is 23.0. The number of alkyl halides is 3.